The lowest BCUT2D eigenvalue weighted by atomic mass is 10.1. The highest BCUT2D eigenvalue weighted by Gasteiger charge is 2.25. The highest BCUT2D eigenvalue weighted by atomic mass is 16.2. The number of ketones is 1. The smallest absolute Gasteiger partial charge is 0.257 e. The van der Waals surface area contributed by atoms with Crippen LogP contribution in [0.1, 0.15) is 40.5 Å². The average Bonchev–Trinajstić information content (AvgIpc) is 3.01. The van der Waals surface area contributed by atoms with E-state index < -0.39 is 0 Å². The summed E-state index contributed by atoms with van der Waals surface area (Å²) in [7, 11) is 0. The number of hydrogen-bond acceptors (Lipinski definition) is 3. The largest absolute Gasteiger partial charge is 0.322 e. The molecule has 3 rings (SSSR count). The van der Waals surface area contributed by atoms with Gasteiger partial charge in [0.25, 0.3) is 5.91 Å². The van der Waals surface area contributed by atoms with Crippen LogP contribution in [0.4, 0.5) is 11.4 Å². The number of amides is 2. The molecule has 2 amide bonds. The van der Waals surface area contributed by atoms with Crippen molar-refractivity contribution in [3.63, 3.8) is 0 Å². The van der Waals surface area contributed by atoms with Crippen molar-refractivity contribution in [1.82, 2.24) is 0 Å². The number of nitrogens with zero attached hydrogens (tertiary/aromatic N) is 1. The summed E-state index contributed by atoms with van der Waals surface area (Å²) in [6.07, 6.45) is 1.32. The monoisotopic (exact) mass is 322 g/mol. The third-order valence-electron chi connectivity index (χ3n) is 4.06. The summed E-state index contributed by atoms with van der Waals surface area (Å²) in [4.78, 5) is 37.5. The quantitative estimate of drug-likeness (QED) is 0.879. The maximum atomic E-state index is 12.6. The van der Waals surface area contributed by atoms with E-state index in [0.29, 0.717) is 35.5 Å². The molecule has 1 aliphatic rings. The first-order valence-electron chi connectivity index (χ1n) is 7.88. The van der Waals surface area contributed by atoms with Crippen molar-refractivity contribution in [3.05, 3.63) is 59.7 Å². The van der Waals surface area contributed by atoms with E-state index in [0.717, 1.165) is 6.42 Å². The van der Waals surface area contributed by atoms with Gasteiger partial charge in [0, 0.05) is 24.2 Å². The molecule has 0 radical (unpaired) electrons. The molecule has 0 spiro atoms. The lowest BCUT2D eigenvalue weighted by molar-refractivity contribution is -0.117. The van der Waals surface area contributed by atoms with Crippen molar-refractivity contribution in [2.24, 2.45) is 0 Å². The third-order valence-corrected chi connectivity index (χ3v) is 4.06. The van der Waals surface area contributed by atoms with Gasteiger partial charge in [-0.2, -0.15) is 0 Å². The van der Waals surface area contributed by atoms with Gasteiger partial charge >= 0.3 is 0 Å². The molecular weight excluding hydrogens is 304 g/mol. The van der Waals surface area contributed by atoms with Crippen molar-refractivity contribution in [2.45, 2.75) is 19.8 Å². The minimum absolute atomic E-state index is 0.0224. The molecule has 24 heavy (non-hydrogen) atoms. The summed E-state index contributed by atoms with van der Waals surface area (Å²) in [5, 5.41) is 2.81. The van der Waals surface area contributed by atoms with Gasteiger partial charge in [0.15, 0.2) is 5.78 Å². The second-order valence-corrected chi connectivity index (χ2v) is 5.75. The first-order valence-corrected chi connectivity index (χ1v) is 7.88. The molecule has 5 nitrogen and oxygen atoms in total. The highest BCUT2D eigenvalue weighted by Crippen LogP contribution is 2.26. The van der Waals surface area contributed by atoms with Crippen LogP contribution in [0.25, 0.3) is 0 Å². The molecule has 0 saturated carbocycles. The Balaban J connectivity index is 1.82. The number of hydrogen-bond donors (Lipinski definition) is 1. The summed E-state index contributed by atoms with van der Waals surface area (Å²) in [5.74, 6) is -0.257. The Kier molecular flexibility index (Phi) is 4.42. The van der Waals surface area contributed by atoms with E-state index >= 15 is 0 Å². The molecular formula is C19H18N2O3. The topological polar surface area (TPSA) is 66.5 Å². The molecule has 2 aromatic carbocycles. The second kappa shape index (κ2) is 6.66. The van der Waals surface area contributed by atoms with Crippen LogP contribution in [-0.4, -0.2) is 24.1 Å². The molecule has 1 saturated heterocycles. The van der Waals surface area contributed by atoms with Crippen molar-refractivity contribution in [1.29, 1.82) is 0 Å². The normalized spacial score (nSPS) is 13.9. The Hall–Kier alpha value is -2.95. The van der Waals surface area contributed by atoms with Gasteiger partial charge < -0.3 is 10.2 Å². The van der Waals surface area contributed by atoms with E-state index in [-0.39, 0.29) is 17.6 Å². The third kappa shape index (κ3) is 3.20. The zero-order valence-corrected chi connectivity index (χ0v) is 13.4. The minimum Gasteiger partial charge on any atom is -0.322 e. The van der Waals surface area contributed by atoms with Crippen molar-refractivity contribution in [3.8, 4) is 0 Å². The minimum atomic E-state index is -0.277. The molecule has 0 bridgehead atoms. The van der Waals surface area contributed by atoms with Gasteiger partial charge in [-0.25, -0.2) is 0 Å². The molecule has 2 aromatic rings. The lowest BCUT2D eigenvalue weighted by Crippen LogP contribution is -2.27. The molecule has 122 valence electrons. The van der Waals surface area contributed by atoms with Crippen LogP contribution >= 0.6 is 0 Å². The fourth-order valence-corrected chi connectivity index (χ4v) is 2.79. The zero-order chi connectivity index (χ0) is 17.1. The summed E-state index contributed by atoms with van der Waals surface area (Å²) in [6.45, 7) is 2.13. The summed E-state index contributed by atoms with van der Waals surface area (Å²) >= 11 is 0. The Labute approximate surface area is 140 Å². The zero-order valence-electron chi connectivity index (χ0n) is 13.4. The molecule has 1 aliphatic heterocycles. The maximum absolute atomic E-state index is 12.6. The molecule has 0 atom stereocenters. The molecule has 0 aliphatic carbocycles. The number of anilines is 2. The SMILES string of the molecule is CC(=O)c1ccc(NC(=O)c2ccccc2N2CCCC2=O)cc1. The number of rotatable bonds is 4. The van der Waals surface area contributed by atoms with Gasteiger partial charge in [-0.15, -0.1) is 0 Å². The van der Waals surface area contributed by atoms with E-state index in [9.17, 15) is 14.4 Å². The van der Waals surface area contributed by atoms with Crippen LogP contribution < -0.4 is 10.2 Å². The number of benzene rings is 2. The summed E-state index contributed by atoms with van der Waals surface area (Å²) < 4.78 is 0. The Morgan fingerprint density at radius 3 is 2.38 bits per heavy atom. The predicted octanol–water partition coefficient (Wildman–Crippen LogP) is 3.27. The number of carbonyl (C=O) groups excluding carboxylic acids is 3. The molecule has 1 heterocycles. The van der Waals surface area contributed by atoms with Crippen LogP contribution in [0.3, 0.4) is 0 Å². The Bertz CT molecular complexity index is 797. The van der Waals surface area contributed by atoms with E-state index in [1.165, 1.54) is 6.92 Å². The van der Waals surface area contributed by atoms with Crippen LogP contribution in [0.15, 0.2) is 48.5 Å². The van der Waals surface area contributed by atoms with Gasteiger partial charge in [0.05, 0.1) is 11.3 Å². The molecule has 0 aromatic heterocycles. The molecule has 1 N–H and O–H groups in total. The number of Topliss-reactive ketones (excluding diaryl/α,β-unsaturated/α-hetero) is 1. The van der Waals surface area contributed by atoms with Gasteiger partial charge in [-0.05, 0) is 49.7 Å². The van der Waals surface area contributed by atoms with Gasteiger partial charge in [0.1, 0.15) is 0 Å². The van der Waals surface area contributed by atoms with Crippen molar-refractivity contribution < 1.29 is 14.4 Å². The standard InChI is InChI=1S/C19H18N2O3/c1-13(22)14-8-10-15(11-9-14)20-19(24)16-5-2-3-6-17(16)21-12-4-7-18(21)23/h2-3,5-6,8-11H,4,7,12H2,1H3,(H,20,24). The van der Waals surface area contributed by atoms with E-state index in [4.69, 9.17) is 0 Å². The summed E-state index contributed by atoms with van der Waals surface area (Å²) in [5.41, 5.74) is 2.30. The van der Waals surface area contributed by atoms with Gasteiger partial charge in [0.2, 0.25) is 5.91 Å². The fourth-order valence-electron chi connectivity index (χ4n) is 2.79. The first kappa shape index (κ1) is 15.9. The van der Waals surface area contributed by atoms with Crippen molar-refractivity contribution >= 4 is 29.0 Å². The molecule has 5 heteroatoms. The van der Waals surface area contributed by atoms with E-state index in [1.54, 1.807) is 47.4 Å². The molecule has 1 fully saturated rings. The van der Waals surface area contributed by atoms with Crippen LogP contribution in [0, 0.1) is 0 Å². The molecule has 0 unspecified atom stereocenters. The van der Waals surface area contributed by atoms with Crippen LogP contribution in [0.2, 0.25) is 0 Å². The van der Waals surface area contributed by atoms with E-state index in [2.05, 4.69) is 5.32 Å². The second-order valence-electron chi connectivity index (χ2n) is 5.75. The van der Waals surface area contributed by atoms with Crippen LogP contribution in [0.5, 0.6) is 0 Å². The maximum Gasteiger partial charge on any atom is 0.257 e. The average molecular weight is 322 g/mol. The lowest BCUT2D eigenvalue weighted by Gasteiger charge is -2.19. The number of nitrogens with one attached hydrogen (secondary N) is 1. The fraction of sp³-hybridized carbons (Fsp3) is 0.211. The number of para-hydroxylation sites is 1. The predicted molar refractivity (Wildman–Crippen MR) is 92.4 cm³/mol. The summed E-state index contributed by atoms with van der Waals surface area (Å²) in [6, 6.07) is 13.8. The van der Waals surface area contributed by atoms with Crippen LogP contribution in [-0.2, 0) is 4.79 Å². The number of carbonyl (C=O) groups is 3. The van der Waals surface area contributed by atoms with Crippen molar-refractivity contribution in [2.75, 3.05) is 16.8 Å². The van der Waals surface area contributed by atoms with Gasteiger partial charge in [-0.3, -0.25) is 14.4 Å². The Morgan fingerprint density at radius 1 is 1.04 bits per heavy atom. The van der Waals surface area contributed by atoms with Gasteiger partial charge in [-0.1, -0.05) is 12.1 Å². The highest BCUT2D eigenvalue weighted by molar-refractivity contribution is 6.11. The van der Waals surface area contributed by atoms with E-state index in [1.807, 2.05) is 6.07 Å². The first-order chi connectivity index (χ1) is 11.6. The Morgan fingerprint density at radius 2 is 1.75 bits per heavy atom.